The number of ether oxygens (including phenoxy) is 1. The van der Waals surface area contributed by atoms with E-state index in [9.17, 15) is 8.42 Å². The maximum absolute atomic E-state index is 12.2. The largest absolute Gasteiger partial charge is 0.385 e. The predicted molar refractivity (Wildman–Crippen MR) is 84.0 cm³/mol. The Morgan fingerprint density at radius 1 is 1.24 bits per heavy atom. The van der Waals surface area contributed by atoms with Crippen LogP contribution < -0.4 is 10.0 Å². The van der Waals surface area contributed by atoms with Crippen LogP contribution in [0.1, 0.15) is 32.6 Å². The second kappa shape index (κ2) is 7.77. The summed E-state index contributed by atoms with van der Waals surface area (Å²) >= 11 is 0. The maximum atomic E-state index is 12.2. The van der Waals surface area contributed by atoms with Gasteiger partial charge in [-0.1, -0.05) is 0 Å². The molecule has 1 fully saturated rings. The molecule has 0 aliphatic carbocycles. The van der Waals surface area contributed by atoms with Gasteiger partial charge >= 0.3 is 0 Å². The summed E-state index contributed by atoms with van der Waals surface area (Å²) in [5.41, 5.74) is 0.923. The molecule has 2 rings (SSSR count). The molecule has 118 valence electrons. The van der Waals surface area contributed by atoms with Gasteiger partial charge in [-0.05, 0) is 56.9 Å². The topological polar surface area (TPSA) is 67.4 Å². The Labute approximate surface area is 127 Å². The molecule has 0 spiro atoms. The second-order valence-corrected chi connectivity index (χ2v) is 7.00. The van der Waals surface area contributed by atoms with Gasteiger partial charge < -0.3 is 10.1 Å². The molecule has 1 aliphatic rings. The Bertz CT molecular complexity index is 522. The Morgan fingerprint density at radius 3 is 2.62 bits per heavy atom. The zero-order valence-corrected chi connectivity index (χ0v) is 13.3. The number of hydrogen-bond acceptors (Lipinski definition) is 4. The van der Waals surface area contributed by atoms with E-state index in [1.807, 2.05) is 6.92 Å². The van der Waals surface area contributed by atoms with Crippen molar-refractivity contribution in [2.24, 2.45) is 0 Å². The number of hydrogen-bond donors (Lipinski definition) is 2. The molecule has 0 amide bonds. The zero-order valence-electron chi connectivity index (χ0n) is 12.5. The summed E-state index contributed by atoms with van der Waals surface area (Å²) < 4.78 is 32.6. The average Bonchev–Trinajstić information content (AvgIpc) is 2.49. The smallest absolute Gasteiger partial charge is 0.240 e. The van der Waals surface area contributed by atoms with E-state index >= 15 is 0 Å². The third-order valence-corrected chi connectivity index (χ3v) is 5.05. The van der Waals surface area contributed by atoms with E-state index in [1.165, 1.54) is 6.42 Å². The van der Waals surface area contributed by atoms with Crippen LogP contribution in [-0.2, 0) is 14.8 Å². The highest BCUT2D eigenvalue weighted by atomic mass is 32.2. The molecule has 0 aromatic heterocycles. The predicted octanol–water partition coefficient (Wildman–Crippen LogP) is 2.36. The van der Waals surface area contributed by atoms with Gasteiger partial charge in [0.25, 0.3) is 0 Å². The fourth-order valence-electron chi connectivity index (χ4n) is 2.43. The summed E-state index contributed by atoms with van der Waals surface area (Å²) in [6.07, 6.45) is 4.23. The van der Waals surface area contributed by atoms with Crippen LogP contribution in [0.4, 0.5) is 5.69 Å². The van der Waals surface area contributed by atoms with Crippen LogP contribution in [0, 0.1) is 0 Å². The highest BCUT2D eigenvalue weighted by Crippen LogP contribution is 2.16. The highest BCUT2D eigenvalue weighted by Gasteiger charge is 2.17. The molecule has 1 aromatic rings. The lowest BCUT2D eigenvalue weighted by Gasteiger charge is -2.22. The van der Waals surface area contributed by atoms with E-state index in [4.69, 9.17) is 4.74 Å². The molecule has 2 N–H and O–H groups in total. The van der Waals surface area contributed by atoms with Crippen LogP contribution >= 0.6 is 0 Å². The molecule has 1 saturated heterocycles. The lowest BCUT2D eigenvalue weighted by atomic mass is 10.1. The molecule has 1 aliphatic heterocycles. The number of benzene rings is 1. The molecule has 6 heteroatoms. The highest BCUT2D eigenvalue weighted by molar-refractivity contribution is 7.89. The van der Waals surface area contributed by atoms with E-state index in [1.54, 1.807) is 24.3 Å². The third kappa shape index (κ3) is 4.98. The van der Waals surface area contributed by atoms with Crippen molar-refractivity contribution in [2.45, 2.75) is 43.6 Å². The first-order valence-electron chi connectivity index (χ1n) is 7.57. The molecular formula is C15H24N2O3S. The molecule has 1 aromatic carbocycles. The standard InChI is InChI=1S/C15H24N2O3S/c1-2-16-13-6-8-15(9-7-13)21(18,19)17-11-10-14-5-3-4-12-20-14/h6-9,14,16-17H,2-5,10-12H2,1H3. The summed E-state index contributed by atoms with van der Waals surface area (Å²) in [4.78, 5) is 0.300. The molecule has 0 bridgehead atoms. The number of rotatable bonds is 7. The minimum atomic E-state index is -3.43. The van der Waals surface area contributed by atoms with Crippen molar-refractivity contribution in [1.82, 2.24) is 4.72 Å². The molecule has 1 atom stereocenters. The van der Waals surface area contributed by atoms with Crippen LogP contribution in [0.2, 0.25) is 0 Å². The van der Waals surface area contributed by atoms with Gasteiger partial charge in [0.1, 0.15) is 0 Å². The van der Waals surface area contributed by atoms with Gasteiger partial charge in [0.15, 0.2) is 0 Å². The van der Waals surface area contributed by atoms with Gasteiger partial charge in [-0.15, -0.1) is 0 Å². The van der Waals surface area contributed by atoms with Crippen LogP contribution in [0.3, 0.4) is 0 Å². The minimum absolute atomic E-state index is 0.192. The lowest BCUT2D eigenvalue weighted by Crippen LogP contribution is -2.29. The monoisotopic (exact) mass is 312 g/mol. The second-order valence-electron chi connectivity index (χ2n) is 5.23. The lowest BCUT2D eigenvalue weighted by molar-refractivity contribution is 0.0123. The van der Waals surface area contributed by atoms with Gasteiger partial charge in [-0.2, -0.15) is 0 Å². The summed E-state index contributed by atoms with van der Waals surface area (Å²) in [6.45, 7) is 4.02. The van der Waals surface area contributed by atoms with Gasteiger partial charge in [0, 0.05) is 25.4 Å². The molecule has 0 radical (unpaired) electrons. The molecule has 21 heavy (non-hydrogen) atoms. The first-order valence-corrected chi connectivity index (χ1v) is 9.05. The van der Waals surface area contributed by atoms with Crippen LogP contribution in [0.25, 0.3) is 0 Å². The Balaban J connectivity index is 1.85. The molecular weight excluding hydrogens is 288 g/mol. The fraction of sp³-hybridized carbons (Fsp3) is 0.600. The summed E-state index contributed by atoms with van der Waals surface area (Å²) in [6, 6.07) is 6.81. The Morgan fingerprint density at radius 2 is 2.00 bits per heavy atom. The number of anilines is 1. The Hall–Kier alpha value is -1.11. The summed E-state index contributed by atoms with van der Waals surface area (Å²) in [5.74, 6) is 0. The number of nitrogens with one attached hydrogen (secondary N) is 2. The van der Waals surface area contributed by atoms with Crippen LogP contribution in [-0.4, -0.2) is 34.2 Å². The molecule has 1 heterocycles. The Kier molecular flexibility index (Phi) is 6.02. The SMILES string of the molecule is CCNc1ccc(S(=O)(=O)NCCC2CCCCO2)cc1. The van der Waals surface area contributed by atoms with Crippen molar-refractivity contribution >= 4 is 15.7 Å². The zero-order chi connectivity index (χ0) is 15.1. The van der Waals surface area contributed by atoms with Crippen molar-refractivity contribution < 1.29 is 13.2 Å². The van der Waals surface area contributed by atoms with Gasteiger partial charge in [0.05, 0.1) is 11.0 Å². The molecule has 0 saturated carbocycles. The quantitative estimate of drug-likeness (QED) is 0.811. The molecule has 5 nitrogen and oxygen atoms in total. The first-order chi connectivity index (χ1) is 10.1. The summed E-state index contributed by atoms with van der Waals surface area (Å²) in [5, 5.41) is 3.14. The van der Waals surface area contributed by atoms with Crippen molar-refractivity contribution in [3.05, 3.63) is 24.3 Å². The minimum Gasteiger partial charge on any atom is -0.385 e. The van der Waals surface area contributed by atoms with E-state index in [0.717, 1.165) is 38.1 Å². The maximum Gasteiger partial charge on any atom is 0.240 e. The van der Waals surface area contributed by atoms with Crippen LogP contribution in [0.5, 0.6) is 0 Å². The van der Waals surface area contributed by atoms with E-state index in [0.29, 0.717) is 11.4 Å². The summed E-state index contributed by atoms with van der Waals surface area (Å²) in [7, 11) is -3.43. The van der Waals surface area contributed by atoms with Crippen molar-refractivity contribution in [2.75, 3.05) is 25.0 Å². The van der Waals surface area contributed by atoms with E-state index < -0.39 is 10.0 Å². The van der Waals surface area contributed by atoms with Crippen molar-refractivity contribution in [1.29, 1.82) is 0 Å². The van der Waals surface area contributed by atoms with E-state index in [2.05, 4.69) is 10.0 Å². The normalized spacial score (nSPS) is 19.4. The van der Waals surface area contributed by atoms with Gasteiger partial charge in [-0.25, -0.2) is 13.1 Å². The molecule has 1 unspecified atom stereocenters. The van der Waals surface area contributed by atoms with Crippen molar-refractivity contribution in [3.8, 4) is 0 Å². The van der Waals surface area contributed by atoms with Gasteiger partial charge in [0.2, 0.25) is 10.0 Å². The number of sulfonamides is 1. The third-order valence-electron chi connectivity index (χ3n) is 3.58. The first kappa shape index (κ1) is 16.3. The van der Waals surface area contributed by atoms with Crippen LogP contribution in [0.15, 0.2) is 29.2 Å². The van der Waals surface area contributed by atoms with Crippen molar-refractivity contribution in [3.63, 3.8) is 0 Å². The average molecular weight is 312 g/mol. The van der Waals surface area contributed by atoms with Gasteiger partial charge in [-0.3, -0.25) is 0 Å². The fourth-order valence-corrected chi connectivity index (χ4v) is 3.48. The van der Waals surface area contributed by atoms with E-state index in [-0.39, 0.29) is 6.10 Å².